The first-order valence-corrected chi connectivity index (χ1v) is 13.8. The van der Waals surface area contributed by atoms with Crippen LogP contribution in [-0.2, 0) is 14.8 Å². The predicted octanol–water partition coefficient (Wildman–Crippen LogP) is 2.73. The number of hydrogen-bond donors (Lipinski definition) is 1. The number of nitrogens with zero attached hydrogens (tertiary/aromatic N) is 3. The molecule has 31 heavy (non-hydrogen) atoms. The monoisotopic (exact) mass is 486 g/mol. The van der Waals surface area contributed by atoms with Crippen molar-refractivity contribution in [2.45, 2.75) is 30.7 Å². The van der Waals surface area contributed by atoms with E-state index in [1.807, 2.05) is 18.6 Å². The fourth-order valence-electron chi connectivity index (χ4n) is 3.42. The third-order valence-electron chi connectivity index (χ3n) is 5.02. The molecule has 1 aliphatic heterocycles. The number of halogens is 1. The SMILES string of the molecule is CSCCC(NS(=O)(=O)c1ccccc1F)C(=O)N1CCCN(c2nc(C)cs2)CC1. The predicted molar refractivity (Wildman–Crippen MR) is 124 cm³/mol. The number of aromatic nitrogens is 1. The van der Waals surface area contributed by atoms with E-state index >= 15 is 0 Å². The van der Waals surface area contributed by atoms with Crippen molar-refractivity contribution < 1.29 is 17.6 Å². The molecule has 170 valence electrons. The summed E-state index contributed by atoms with van der Waals surface area (Å²) in [5.41, 5.74) is 0.969. The van der Waals surface area contributed by atoms with E-state index < -0.39 is 26.8 Å². The Bertz CT molecular complexity index is 999. The van der Waals surface area contributed by atoms with Crippen LogP contribution in [0.2, 0.25) is 0 Å². The van der Waals surface area contributed by atoms with Crippen molar-refractivity contribution in [1.29, 1.82) is 0 Å². The van der Waals surface area contributed by atoms with Crippen LogP contribution in [0, 0.1) is 12.7 Å². The molecule has 7 nitrogen and oxygen atoms in total. The van der Waals surface area contributed by atoms with Crippen LogP contribution in [0.25, 0.3) is 0 Å². The number of aryl methyl sites for hydroxylation is 1. The zero-order valence-corrected chi connectivity index (χ0v) is 20.0. The second-order valence-corrected chi connectivity index (χ2v) is 10.8. The van der Waals surface area contributed by atoms with Crippen LogP contribution in [-0.4, -0.2) is 68.4 Å². The van der Waals surface area contributed by atoms with Crippen molar-refractivity contribution in [3.63, 3.8) is 0 Å². The minimum atomic E-state index is -4.16. The molecule has 1 aromatic carbocycles. The van der Waals surface area contributed by atoms with Crippen molar-refractivity contribution >= 4 is 44.2 Å². The van der Waals surface area contributed by atoms with Gasteiger partial charge in [-0.2, -0.15) is 16.5 Å². The Morgan fingerprint density at radius 1 is 1.29 bits per heavy atom. The first-order valence-electron chi connectivity index (χ1n) is 10.0. The van der Waals surface area contributed by atoms with Gasteiger partial charge >= 0.3 is 0 Å². The molecule has 0 saturated carbocycles. The van der Waals surface area contributed by atoms with Gasteiger partial charge in [-0.1, -0.05) is 12.1 Å². The van der Waals surface area contributed by atoms with Gasteiger partial charge < -0.3 is 9.80 Å². The Kier molecular flexibility index (Phi) is 8.31. The molecule has 1 aromatic heterocycles. The van der Waals surface area contributed by atoms with Crippen LogP contribution in [0.15, 0.2) is 34.5 Å². The Balaban J connectivity index is 1.72. The lowest BCUT2D eigenvalue weighted by Crippen LogP contribution is -2.49. The zero-order chi connectivity index (χ0) is 22.4. The molecule has 1 amide bonds. The highest BCUT2D eigenvalue weighted by molar-refractivity contribution is 7.98. The lowest BCUT2D eigenvalue weighted by atomic mass is 10.2. The lowest BCUT2D eigenvalue weighted by Gasteiger charge is -2.27. The standard InChI is InChI=1S/C20H27FN4O3S3/c1-15-14-30-20(22-15)25-10-5-9-24(11-12-25)19(26)17(8-13-29-2)23-31(27,28)18-7-4-3-6-16(18)21/h3-4,6-7,14,17,23H,5,8-13H2,1-2H3. The van der Waals surface area contributed by atoms with E-state index in [0.29, 0.717) is 31.8 Å². The maximum Gasteiger partial charge on any atom is 0.244 e. The number of hydrogen-bond acceptors (Lipinski definition) is 7. The number of carbonyl (C=O) groups excluding carboxylic acids is 1. The fraction of sp³-hybridized carbons (Fsp3) is 0.500. The molecule has 0 radical (unpaired) electrons. The van der Waals surface area contributed by atoms with Gasteiger partial charge in [-0.25, -0.2) is 17.8 Å². The van der Waals surface area contributed by atoms with Crippen LogP contribution < -0.4 is 9.62 Å². The normalized spacial score (nSPS) is 16.2. The first kappa shape index (κ1) is 24.0. The van der Waals surface area contributed by atoms with E-state index in [0.717, 1.165) is 29.9 Å². The van der Waals surface area contributed by atoms with Crippen molar-refractivity contribution in [3.8, 4) is 0 Å². The van der Waals surface area contributed by atoms with Gasteiger partial charge in [0.1, 0.15) is 16.8 Å². The van der Waals surface area contributed by atoms with Gasteiger partial charge in [-0.05, 0) is 43.9 Å². The molecule has 0 bridgehead atoms. The number of anilines is 1. The van der Waals surface area contributed by atoms with E-state index in [2.05, 4.69) is 14.6 Å². The summed E-state index contributed by atoms with van der Waals surface area (Å²) >= 11 is 3.11. The number of nitrogens with one attached hydrogen (secondary N) is 1. The Labute approximate surface area is 191 Å². The number of thiazole rings is 1. The highest BCUT2D eigenvalue weighted by Crippen LogP contribution is 2.22. The number of amides is 1. The van der Waals surface area contributed by atoms with E-state index in [4.69, 9.17) is 0 Å². The molecule has 0 aliphatic carbocycles. The summed E-state index contributed by atoms with van der Waals surface area (Å²) in [5.74, 6) is -0.504. The van der Waals surface area contributed by atoms with Gasteiger partial charge in [-0.3, -0.25) is 4.79 Å². The molecule has 2 heterocycles. The van der Waals surface area contributed by atoms with Crippen molar-refractivity contribution in [2.75, 3.05) is 43.1 Å². The molecular formula is C20H27FN4O3S3. The van der Waals surface area contributed by atoms with Crippen molar-refractivity contribution in [3.05, 3.63) is 41.2 Å². The van der Waals surface area contributed by atoms with Crippen LogP contribution in [0.1, 0.15) is 18.5 Å². The first-order chi connectivity index (χ1) is 14.8. The number of thioether (sulfide) groups is 1. The minimum Gasteiger partial charge on any atom is -0.346 e. The largest absolute Gasteiger partial charge is 0.346 e. The Morgan fingerprint density at radius 3 is 2.74 bits per heavy atom. The molecule has 1 unspecified atom stereocenters. The highest BCUT2D eigenvalue weighted by atomic mass is 32.2. The maximum absolute atomic E-state index is 14.1. The smallest absolute Gasteiger partial charge is 0.244 e. The zero-order valence-electron chi connectivity index (χ0n) is 17.6. The minimum absolute atomic E-state index is 0.272. The summed E-state index contributed by atoms with van der Waals surface area (Å²) < 4.78 is 42.1. The molecule has 1 atom stereocenters. The van der Waals surface area contributed by atoms with E-state index in [1.165, 1.54) is 30.0 Å². The van der Waals surface area contributed by atoms with Gasteiger partial charge in [0.25, 0.3) is 0 Å². The molecule has 0 spiro atoms. The average Bonchev–Trinajstić information content (AvgIpc) is 3.02. The third kappa shape index (κ3) is 6.18. The van der Waals surface area contributed by atoms with Crippen molar-refractivity contribution in [1.82, 2.24) is 14.6 Å². The van der Waals surface area contributed by atoms with E-state index in [1.54, 1.807) is 16.2 Å². The molecule has 11 heteroatoms. The van der Waals surface area contributed by atoms with Crippen LogP contribution in [0.4, 0.5) is 9.52 Å². The Morgan fingerprint density at radius 2 is 2.06 bits per heavy atom. The lowest BCUT2D eigenvalue weighted by molar-refractivity contribution is -0.132. The molecular weight excluding hydrogens is 459 g/mol. The van der Waals surface area contributed by atoms with E-state index in [-0.39, 0.29) is 5.91 Å². The maximum atomic E-state index is 14.1. The second-order valence-electron chi connectivity index (χ2n) is 7.32. The summed E-state index contributed by atoms with van der Waals surface area (Å²) in [6.45, 7) is 4.39. The Hall–Kier alpha value is -1.69. The molecule has 2 aromatic rings. The summed E-state index contributed by atoms with van der Waals surface area (Å²) in [7, 11) is -4.16. The average molecular weight is 487 g/mol. The second kappa shape index (κ2) is 10.8. The summed E-state index contributed by atoms with van der Waals surface area (Å²) in [5, 5.41) is 2.94. The number of rotatable bonds is 8. The molecule has 1 N–H and O–H groups in total. The quantitative estimate of drug-likeness (QED) is 0.618. The van der Waals surface area contributed by atoms with Gasteiger partial charge in [0, 0.05) is 31.6 Å². The molecule has 1 aliphatic rings. The van der Waals surface area contributed by atoms with Crippen LogP contribution in [0.3, 0.4) is 0 Å². The van der Waals surface area contributed by atoms with Crippen LogP contribution >= 0.6 is 23.1 Å². The van der Waals surface area contributed by atoms with Gasteiger partial charge in [-0.15, -0.1) is 11.3 Å². The van der Waals surface area contributed by atoms with Gasteiger partial charge in [0.15, 0.2) is 5.13 Å². The molecule has 1 saturated heterocycles. The third-order valence-corrected chi connectivity index (χ3v) is 8.19. The fourth-order valence-corrected chi connectivity index (χ4v) is 6.05. The van der Waals surface area contributed by atoms with Gasteiger partial charge in [0.05, 0.1) is 5.69 Å². The topological polar surface area (TPSA) is 82.6 Å². The van der Waals surface area contributed by atoms with Crippen LogP contribution in [0.5, 0.6) is 0 Å². The van der Waals surface area contributed by atoms with Gasteiger partial charge in [0.2, 0.25) is 15.9 Å². The summed E-state index contributed by atoms with van der Waals surface area (Å²) in [6.07, 6.45) is 2.99. The number of carbonyl (C=O) groups is 1. The summed E-state index contributed by atoms with van der Waals surface area (Å²) in [6, 6.07) is 4.24. The number of benzene rings is 1. The molecule has 1 fully saturated rings. The highest BCUT2D eigenvalue weighted by Gasteiger charge is 2.31. The van der Waals surface area contributed by atoms with E-state index in [9.17, 15) is 17.6 Å². The molecule has 3 rings (SSSR count). The summed E-state index contributed by atoms with van der Waals surface area (Å²) in [4.78, 5) is 21.2. The van der Waals surface area contributed by atoms with Crippen molar-refractivity contribution in [2.24, 2.45) is 0 Å². The number of sulfonamides is 1.